The number of nitrogens with two attached hydrogens (primary N) is 1. The van der Waals surface area contributed by atoms with E-state index in [9.17, 15) is 17.2 Å². The summed E-state index contributed by atoms with van der Waals surface area (Å²) in [5.41, 5.74) is 5.15. The number of nitrogens with one attached hydrogen (secondary N) is 1. The molecule has 0 aliphatic rings. The van der Waals surface area contributed by atoms with Gasteiger partial charge in [0, 0.05) is 18.8 Å². The molecule has 0 aliphatic carbocycles. The molecule has 9 heteroatoms. The van der Waals surface area contributed by atoms with Crippen LogP contribution in [0, 0.1) is 11.6 Å². The number of nitrogen functional groups attached to an aromatic ring is 1. The molecule has 0 saturated heterocycles. The fourth-order valence-electron chi connectivity index (χ4n) is 1.56. The average molecular weight is 302 g/mol. The Kier molecular flexibility index (Phi) is 3.62. The second-order valence-corrected chi connectivity index (χ2v) is 5.61. The van der Waals surface area contributed by atoms with E-state index in [0.717, 1.165) is 12.1 Å². The number of rotatable bonds is 4. The van der Waals surface area contributed by atoms with Crippen molar-refractivity contribution >= 4 is 21.5 Å². The molecule has 3 N–H and O–H groups in total. The van der Waals surface area contributed by atoms with E-state index in [2.05, 4.69) is 5.10 Å². The highest BCUT2D eigenvalue weighted by Crippen LogP contribution is 2.22. The average Bonchev–Trinajstić information content (AvgIpc) is 2.75. The van der Waals surface area contributed by atoms with Crippen molar-refractivity contribution in [2.24, 2.45) is 0 Å². The number of hydrogen-bond donors (Lipinski definition) is 2. The lowest BCUT2D eigenvalue weighted by Gasteiger charge is -2.07. The van der Waals surface area contributed by atoms with Crippen molar-refractivity contribution in [3.8, 4) is 0 Å². The largest absolute Gasteiger partial charge is 0.381 e. The predicted octanol–water partition coefficient (Wildman–Crippen LogP) is 1.56. The number of aromatic nitrogens is 2. The molecule has 2 rings (SSSR count). The quantitative estimate of drug-likeness (QED) is 0.897. The Balaban J connectivity index is 2.38. The molecule has 0 fully saturated rings. The highest BCUT2D eigenvalue weighted by molar-refractivity contribution is 7.92. The highest BCUT2D eigenvalue weighted by atomic mass is 32.2. The number of aryl methyl sites for hydroxylation is 1. The topological polar surface area (TPSA) is 90.0 Å². The summed E-state index contributed by atoms with van der Waals surface area (Å²) >= 11 is 0. The molecular formula is C11H12F2N4O2S. The van der Waals surface area contributed by atoms with Crippen LogP contribution < -0.4 is 10.5 Å². The fraction of sp³-hybridized carbons (Fsp3) is 0.182. The molecule has 0 atom stereocenters. The molecule has 6 nitrogen and oxygen atoms in total. The maximum atomic E-state index is 13.4. The first-order valence-corrected chi connectivity index (χ1v) is 7.12. The van der Waals surface area contributed by atoms with Crippen LogP contribution >= 0.6 is 0 Å². The van der Waals surface area contributed by atoms with Gasteiger partial charge in [0.25, 0.3) is 10.0 Å². The van der Waals surface area contributed by atoms with E-state index < -0.39 is 21.7 Å². The number of halogens is 2. The van der Waals surface area contributed by atoms with Crippen LogP contribution in [0.3, 0.4) is 0 Å². The lowest BCUT2D eigenvalue weighted by Crippen LogP contribution is -2.15. The zero-order chi connectivity index (χ0) is 14.9. The Morgan fingerprint density at radius 3 is 2.65 bits per heavy atom. The minimum Gasteiger partial charge on any atom is -0.381 e. The summed E-state index contributed by atoms with van der Waals surface area (Å²) in [5, 5.41) is 3.80. The van der Waals surface area contributed by atoms with Crippen molar-refractivity contribution in [3.63, 3.8) is 0 Å². The van der Waals surface area contributed by atoms with Gasteiger partial charge in [-0.2, -0.15) is 5.10 Å². The molecule has 1 aromatic carbocycles. The summed E-state index contributed by atoms with van der Waals surface area (Å²) < 4.78 is 53.7. The fourth-order valence-corrected chi connectivity index (χ4v) is 2.70. The third kappa shape index (κ3) is 2.72. The molecule has 0 spiro atoms. The van der Waals surface area contributed by atoms with Crippen LogP contribution in [0.5, 0.6) is 0 Å². The molecule has 0 saturated carbocycles. The van der Waals surface area contributed by atoms with Crippen LogP contribution in [0.25, 0.3) is 0 Å². The number of sulfonamides is 1. The van der Waals surface area contributed by atoms with Crippen molar-refractivity contribution in [2.45, 2.75) is 18.4 Å². The molecule has 0 bridgehead atoms. The van der Waals surface area contributed by atoms with E-state index in [1.807, 2.05) is 4.72 Å². The molecule has 2 aromatic rings. The van der Waals surface area contributed by atoms with Gasteiger partial charge in [0.2, 0.25) is 0 Å². The summed E-state index contributed by atoms with van der Waals surface area (Å²) in [5.74, 6) is -2.01. The van der Waals surface area contributed by atoms with Gasteiger partial charge in [-0.3, -0.25) is 9.40 Å². The van der Waals surface area contributed by atoms with Crippen LogP contribution in [0.4, 0.5) is 20.3 Å². The zero-order valence-corrected chi connectivity index (χ0v) is 11.3. The summed E-state index contributed by atoms with van der Waals surface area (Å²) in [6, 6.07) is 2.51. The van der Waals surface area contributed by atoms with Gasteiger partial charge in [0.15, 0.2) is 5.82 Å². The molecule has 1 heterocycles. The Labute approximate surface area is 114 Å². The Hall–Kier alpha value is -2.16. The van der Waals surface area contributed by atoms with Crippen molar-refractivity contribution < 1.29 is 17.2 Å². The van der Waals surface area contributed by atoms with E-state index in [0.29, 0.717) is 12.6 Å². The molecule has 1 aromatic heterocycles. The number of anilines is 2. The molecular weight excluding hydrogens is 290 g/mol. The lowest BCUT2D eigenvalue weighted by molar-refractivity contribution is 0.582. The Morgan fingerprint density at radius 2 is 2.10 bits per heavy atom. The minimum absolute atomic E-state index is 0.193. The van der Waals surface area contributed by atoms with Crippen LogP contribution in [0.2, 0.25) is 0 Å². The van der Waals surface area contributed by atoms with Gasteiger partial charge in [-0.05, 0) is 19.1 Å². The lowest BCUT2D eigenvalue weighted by atomic mass is 10.3. The summed E-state index contributed by atoms with van der Waals surface area (Å²) in [7, 11) is -4.09. The summed E-state index contributed by atoms with van der Waals surface area (Å²) in [6.45, 7) is 2.19. The molecule has 0 amide bonds. The number of nitrogens with zero attached hydrogens (tertiary/aromatic N) is 2. The van der Waals surface area contributed by atoms with Gasteiger partial charge in [-0.15, -0.1) is 0 Å². The smallest absolute Gasteiger partial charge is 0.267 e. The van der Waals surface area contributed by atoms with E-state index in [1.165, 1.54) is 10.9 Å². The van der Waals surface area contributed by atoms with Crippen molar-refractivity contribution in [3.05, 3.63) is 36.0 Å². The van der Waals surface area contributed by atoms with E-state index in [4.69, 9.17) is 5.73 Å². The van der Waals surface area contributed by atoms with E-state index in [-0.39, 0.29) is 16.4 Å². The highest BCUT2D eigenvalue weighted by Gasteiger charge is 2.22. The van der Waals surface area contributed by atoms with Crippen LogP contribution in [0.1, 0.15) is 6.92 Å². The molecule has 0 radical (unpaired) electrons. The van der Waals surface area contributed by atoms with Gasteiger partial charge in [0.05, 0.1) is 5.69 Å². The third-order valence-corrected chi connectivity index (χ3v) is 3.93. The number of hydrogen-bond acceptors (Lipinski definition) is 4. The summed E-state index contributed by atoms with van der Waals surface area (Å²) in [4.78, 5) is -0.261. The van der Waals surface area contributed by atoms with Crippen LogP contribution in [0.15, 0.2) is 29.3 Å². The van der Waals surface area contributed by atoms with Gasteiger partial charge in [-0.25, -0.2) is 17.2 Å². The molecule has 20 heavy (non-hydrogen) atoms. The molecule has 0 unspecified atom stereocenters. The van der Waals surface area contributed by atoms with Crippen LogP contribution in [-0.2, 0) is 16.6 Å². The standard InChI is InChI=1S/C11H12F2N4O2S/c1-2-17-6-10(11(14)15-17)20(18,19)16-9-4-3-7(12)5-8(9)13/h3-6,16H,2H2,1H3,(H2,14,15). The van der Waals surface area contributed by atoms with E-state index >= 15 is 0 Å². The SMILES string of the molecule is CCn1cc(S(=O)(=O)Nc2ccc(F)cc2F)c(N)n1. The normalized spacial score (nSPS) is 11.6. The number of benzene rings is 1. The van der Waals surface area contributed by atoms with Crippen molar-refractivity contribution in [2.75, 3.05) is 10.5 Å². The predicted molar refractivity (Wildman–Crippen MR) is 69.5 cm³/mol. The summed E-state index contributed by atoms with van der Waals surface area (Å²) in [6.07, 6.45) is 1.24. The Bertz CT molecular complexity index is 743. The minimum atomic E-state index is -4.09. The maximum Gasteiger partial charge on any atom is 0.267 e. The molecule has 0 aliphatic heterocycles. The Morgan fingerprint density at radius 1 is 1.40 bits per heavy atom. The van der Waals surface area contributed by atoms with Gasteiger partial charge in [0.1, 0.15) is 16.5 Å². The third-order valence-electron chi connectivity index (χ3n) is 2.54. The molecule has 108 valence electrons. The van der Waals surface area contributed by atoms with Gasteiger partial charge in [-0.1, -0.05) is 0 Å². The first-order valence-electron chi connectivity index (χ1n) is 5.64. The van der Waals surface area contributed by atoms with Crippen LogP contribution in [-0.4, -0.2) is 18.2 Å². The monoisotopic (exact) mass is 302 g/mol. The van der Waals surface area contributed by atoms with E-state index in [1.54, 1.807) is 6.92 Å². The van der Waals surface area contributed by atoms with Crippen molar-refractivity contribution in [1.82, 2.24) is 9.78 Å². The first-order chi connectivity index (χ1) is 9.33. The van der Waals surface area contributed by atoms with Crippen molar-refractivity contribution in [1.29, 1.82) is 0 Å². The van der Waals surface area contributed by atoms with Gasteiger partial charge >= 0.3 is 0 Å². The second kappa shape index (κ2) is 5.08. The maximum absolute atomic E-state index is 13.4. The van der Waals surface area contributed by atoms with Gasteiger partial charge < -0.3 is 5.73 Å². The first kappa shape index (κ1) is 14.3. The zero-order valence-electron chi connectivity index (χ0n) is 10.5. The second-order valence-electron chi connectivity index (χ2n) is 3.96.